The Hall–Kier alpha value is -3.37. The summed E-state index contributed by atoms with van der Waals surface area (Å²) in [5.74, 6) is 0.128. The first kappa shape index (κ1) is 18.0. The van der Waals surface area contributed by atoms with Crippen molar-refractivity contribution in [2.24, 2.45) is 0 Å². The van der Waals surface area contributed by atoms with Crippen molar-refractivity contribution in [1.29, 1.82) is 0 Å². The van der Waals surface area contributed by atoms with E-state index in [-0.39, 0.29) is 11.8 Å². The normalized spacial score (nSPS) is 11.2. The summed E-state index contributed by atoms with van der Waals surface area (Å²) in [5.41, 5.74) is 3.93. The summed E-state index contributed by atoms with van der Waals surface area (Å²) >= 11 is 0. The lowest BCUT2D eigenvalue weighted by atomic mass is 9.98. The number of rotatable bonds is 5. The third-order valence-corrected chi connectivity index (χ3v) is 5.11. The minimum atomic E-state index is -0.402. The second-order valence-corrected chi connectivity index (χ2v) is 6.92. The van der Waals surface area contributed by atoms with Crippen molar-refractivity contribution in [3.05, 3.63) is 112 Å². The molecule has 3 N–H and O–H groups in total. The van der Waals surface area contributed by atoms with E-state index in [4.69, 9.17) is 4.42 Å². The molecule has 3 aromatic carbocycles. The fourth-order valence-electron chi connectivity index (χ4n) is 3.61. The molecular weight excluding hydrogens is 350 g/mol. The molecule has 28 heavy (non-hydrogen) atoms. The highest BCUT2D eigenvalue weighted by molar-refractivity contribution is 5.84. The van der Waals surface area contributed by atoms with E-state index in [0.717, 1.165) is 10.9 Å². The van der Waals surface area contributed by atoms with Gasteiger partial charge in [-0.05, 0) is 19.1 Å². The molecule has 4 aromatic rings. The first-order valence-electron chi connectivity index (χ1n) is 9.32. The average molecular weight is 372 g/mol. The molecule has 0 bridgehead atoms. The van der Waals surface area contributed by atoms with Gasteiger partial charge in [-0.1, -0.05) is 60.7 Å². The number of nitrogens with two attached hydrogens (primary N) is 1. The van der Waals surface area contributed by atoms with Crippen LogP contribution in [0.1, 0.15) is 28.3 Å². The van der Waals surface area contributed by atoms with Gasteiger partial charge in [0.15, 0.2) is 0 Å². The number of aryl methyl sites for hydroxylation is 1. The molecule has 0 saturated heterocycles. The summed E-state index contributed by atoms with van der Waals surface area (Å²) in [6.45, 7) is 2.37. The first-order valence-corrected chi connectivity index (χ1v) is 9.32. The zero-order valence-corrected chi connectivity index (χ0v) is 15.6. The van der Waals surface area contributed by atoms with Crippen LogP contribution < -0.4 is 10.9 Å². The topological polar surface area (TPSA) is 67.1 Å². The Bertz CT molecular complexity index is 1110. The van der Waals surface area contributed by atoms with Crippen LogP contribution in [0.3, 0.4) is 0 Å². The zero-order chi connectivity index (χ0) is 19.5. The fraction of sp³-hybridized carbons (Fsp3) is 0.125. The molecule has 0 amide bonds. The van der Waals surface area contributed by atoms with Crippen LogP contribution in [-0.2, 0) is 6.54 Å². The van der Waals surface area contributed by atoms with Gasteiger partial charge in [0.25, 0.3) is 0 Å². The van der Waals surface area contributed by atoms with E-state index in [1.807, 2.05) is 42.5 Å². The van der Waals surface area contributed by atoms with Crippen LogP contribution >= 0.6 is 0 Å². The Kier molecular flexibility index (Phi) is 4.96. The Balaban J connectivity index is 1.72. The van der Waals surface area contributed by atoms with Gasteiger partial charge >= 0.3 is 5.63 Å². The maximum atomic E-state index is 12.1. The number of hydrogen-bond donors (Lipinski definition) is 2. The number of aromatic hydroxyl groups is 1. The Morgan fingerprint density at radius 2 is 1.54 bits per heavy atom. The van der Waals surface area contributed by atoms with E-state index in [9.17, 15) is 9.90 Å². The highest BCUT2D eigenvalue weighted by atomic mass is 16.4. The van der Waals surface area contributed by atoms with Crippen LogP contribution in [0.5, 0.6) is 5.75 Å². The summed E-state index contributed by atoms with van der Waals surface area (Å²) < 4.78 is 5.36. The van der Waals surface area contributed by atoms with Crippen LogP contribution in [-0.4, -0.2) is 5.11 Å². The highest BCUT2D eigenvalue weighted by Crippen LogP contribution is 2.27. The summed E-state index contributed by atoms with van der Waals surface area (Å²) in [4.78, 5) is 12.1. The number of quaternary nitrogens is 1. The Morgan fingerprint density at radius 3 is 2.14 bits per heavy atom. The van der Waals surface area contributed by atoms with Crippen LogP contribution in [0.25, 0.3) is 11.0 Å². The molecule has 0 unspecified atom stereocenters. The molecule has 4 rings (SSSR count). The number of benzene rings is 3. The second-order valence-electron chi connectivity index (χ2n) is 6.92. The molecule has 1 aromatic heterocycles. The molecule has 0 atom stereocenters. The molecule has 0 aliphatic heterocycles. The van der Waals surface area contributed by atoms with Crippen molar-refractivity contribution in [2.75, 3.05) is 0 Å². The summed E-state index contributed by atoms with van der Waals surface area (Å²) in [6.07, 6.45) is 0. The molecule has 0 fully saturated rings. The SMILES string of the molecule is Cc1c(O)ccc2c(C[NH2+]C(c3ccccc3)c3ccccc3)cc(=O)oc12. The maximum absolute atomic E-state index is 12.1. The molecule has 140 valence electrons. The molecule has 0 aliphatic rings. The molecule has 0 radical (unpaired) electrons. The molecule has 0 saturated carbocycles. The Morgan fingerprint density at radius 1 is 0.929 bits per heavy atom. The van der Waals surface area contributed by atoms with Crippen molar-refractivity contribution in [3.63, 3.8) is 0 Å². The summed E-state index contributed by atoms with van der Waals surface area (Å²) in [5, 5.41) is 13.0. The quantitative estimate of drug-likeness (QED) is 0.526. The van der Waals surface area contributed by atoms with Crippen LogP contribution in [0, 0.1) is 6.92 Å². The smallest absolute Gasteiger partial charge is 0.336 e. The van der Waals surface area contributed by atoms with Gasteiger partial charge in [-0.3, -0.25) is 0 Å². The van der Waals surface area contributed by atoms with Gasteiger partial charge in [-0.2, -0.15) is 0 Å². The average Bonchev–Trinajstić information content (AvgIpc) is 2.73. The van der Waals surface area contributed by atoms with Crippen molar-refractivity contribution in [3.8, 4) is 5.75 Å². The van der Waals surface area contributed by atoms with Gasteiger partial charge in [0.2, 0.25) is 0 Å². The van der Waals surface area contributed by atoms with E-state index in [0.29, 0.717) is 17.7 Å². The van der Waals surface area contributed by atoms with E-state index in [1.165, 1.54) is 11.1 Å². The van der Waals surface area contributed by atoms with Crippen molar-refractivity contribution in [2.45, 2.75) is 19.5 Å². The molecule has 4 nitrogen and oxygen atoms in total. The van der Waals surface area contributed by atoms with E-state index >= 15 is 0 Å². The number of fused-ring (bicyclic) bond motifs is 1. The van der Waals surface area contributed by atoms with Gasteiger partial charge in [0.1, 0.15) is 23.9 Å². The van der Waals surface area contributed by atoms with Crippen LogP contribution in [0.15, 0.2) is 88.1 Å². The van der Waals surface area contributed by atoms with Gasteiger partial charge < -0.3 is 14.8 Å². The van der Waals surface area contributed by atoms with Crippen LogP contribution in [0.4, 0.5) is 0 Å². The fourth-order valence-corrected chi connectivity index (χ4v) is 3.61. The van der Waals surface area contributed by atoms with E-state index in [2.05, 4.69) is 29.6 Å². The highest BCUT2D eigenvalue weighted by Gasteiger charge is 2.19. The predicted molar refractivity (Wildman–Crippen MR) is 109 cm³/mol. The van der Waals surface area contributed by atoms with Gasteiger partial charge in [0, 0.05) is 33.7 Å². The van der Waals surface area contributed by atoms with Gasteiger partial charge in [-0.25, -0.2) is 4.79 Å². The van der Waals surface area contributed by atoms with E-state index < -0.39 is 5.63 Å². The van der Waals surface area contributed by atoms with Gasteiger partial charge in [0.05, 0.1) is 0 Å². The largest absolute Gasteiger partial charge is 0.508 e. The summed E-state index contributed by atoms with van der Waals surface area (Å²) in [7, 11) is 0. The maximum Gasteiger partial charge on any atom is 0.336 e. The number of phenols is 1. The molecule has 1 heterocycles. The standard InChI is InChI=1S/C24H21NO3/c1-16-21(26)13-12-20-19(14-22(27)28-24(16)20)15-25-23(17-8-4-2-5-9-17)18-10-6-3-7-11-18/h2-14,23,25-26H,15H2,1H3/p+1. The minimum Gasteiger partial charge on any atom is -0.508 e. The second kappa shape index (κ2) is 7.71. The third-order valence-electron chi connectivity index (χ3n) is 5.11. The molecular formula is C24H22NO3+. The molecule has 4 heteroatoms. The predicted octanol–water partition coefficient (Wildman–Crippen LogP) is 3.66. The van der Waals surface area contributed by atoms with Crippen LogP contribution in [0.2, 0.25) is 0 Å². The van der Waals surface area contributed by atoms with E-state index in [1.54, 1.807) is 19.1 Å². The van der Waals surface area contributed by atoms with Crippen molar-refractivity contribution >= 4 is 11.0 Å². The van der Waals surface area contributed by atoms with Gasteiger partial charge in [-0.15, -0.1) is 0 Å². The van der Waals surface area contributed by atoms with Crippen molar-refractivity contribution in [1.82, 2.24) is 0 Å². The number of phenolic OH excluding ortho intramolecular Hbond substituents is 1. The monoisotopic (exact) mass is 372 g/mol. The lowest BCUT2D eigenvalue weighted by Crippen LogP contribution is -2.84. The first-order chi connectivity index (χ1) is 13.6. The minimum absolute atomic E-state index is 0.114. The third kappa shape index (κ3) is 3.55. The molecule has 0 aliphatic carbocycles. The zero-order valence-electron chi connectivity index (χ0n) is 15.6. The lowest BCUT2D eigenvalue weighted by Gasteiger charge is -2.17. The Labute approximate surface area is 163 Å². The number of hydrogen-bond acceptors (Lipinski definition) is 3. The lowest BCUT2D eigenvalue weighted by molar-refractivity contribution is -0.702. The van der Waals surface area contributed by atoms with Crippen molar-refractivity contribution < 1.29 is 14.8 Å². The molecule has 0 spiro atoms. The summed E-state index contributed by atoms with van der Waals surface area (Å²) in [6, 6.07) is 25.8.